The van der Waals surface area contributed by atoms with Crippen molar-refractivity contribution in [2.45, 2.75) is 11.4 Å². The second-order valence-corrected chi connectivity index (χ2v) is 8.58. The van der Waals surface area contributed by atoms with E-state index in [0.29, 0.717) is 22.2 Å². The van der Waals surface area contributed by atoms with Gasteiger partial charge >= 0.3 is 0 Å². The number of nitrogens with zero attached hydrogens (tertiary/aromatic N) is 2. The van der Waals surface area contributed by atoms with Crippen LogP contribution in [0.4, 0.5) is 5.69 Å². The molecule has 2 aromatic carbocycles. The number of aromatic nitrogens is 1. The lowest BCUT2D eigenvalue weighted by molar-refractivity contribution is 0.397. The van der Waals surface area contributed by atoms with E-state index in [1.165, 1.54) is 0 Å². The van der Waals surface area contributed by atoms with Gasteiger partial charge in [-0.3, -0.25) is 4.72 Å². The number of rotatable bonds is 5. The molecule has 0 saturated carbocycles. The van der Waals surface area contributed by atoms with Gasteiger partial charge in [-0.15, -0.1) is 0 Å². The third-order valence-corrected chi connectivity index (χ3v) is 5.46. The van der Waals surface area contributed by atoms with Crippen molar-refractivity contribution in [1.82, 2.24) is 9.88 Å². The molecule has 0 aliphatic carbocycles. The number of para-hydroxylation sites is 1. The Bertz CT molecular complexity index is 1020. The van der Waals surface area contributed by atoms with E-state index >= 15 is 0 Å². The van der Waals surface area contributed by atoms with Crippen LogP contribution in [0, 0.1) is 0 Å². The van der Waals surface area contributed by atoms with E-state index in [1.807, 2.05) is 43.3 Å². The molecule has 25 heavy (non-hydrogen) atoms. The molecule has 1 aromatic heterocycles. The van der Waals surface area contributed by atoms with Gasteiger partial charge in [0.25, 0.3) is 10.0 Å². The van der Waals surface area contributed by atoms with E-state index in [4.69, 9.17) is 0 Å². The minimum absolute atomic E-state index is 0.198. The third kappa shape index (κ3) is 4.18. The highest BCUT2D eigenvalue weighted by Crippen LogP contribution is 2.25. The Kier molecular flexibility index (Phi) is 5.08. The van der Waals surface area contributed by atoms with E-state index in [9.17, 15) is 8.42 Å². The molecule has 0 aliphatic rings. The molecule has 3 rings (SSSR count). The zero-order chi connectivity index (χ0) is 18.0. The van der Waals surface area contributed by atoms with Crippen LogP contribution in [0.1, 0.15) is 5.69 Å². The molecule has 7 heteroatoms. The summed E-state index contributed by atoms with van der Waals surface area (Å²) >= 11 is 3.30. The number of benzene rings is 2. The van der Waals surface area contributed by atoms with Crippen molar-refractivity contribution >= 4 is 42.5 Å². The maximum Gasteiger partial charge on any atom is 0.262 e. The molecule has 0 amide bonds. The first kappa shape index (κ1) is 17.8. The van der Waals surface area contributed by atoms with Crippen LogP contribution in [0.2, 0.25) is 0 Å². The first-order valence-electron chi connectivity index (χ1n) is 7.67. The number of anilines is 1. The lowest BCUT2D eigenvalue weighted by Gasteiger charge is -2.13. The van der Waals surface area contributed by atoms with Crippen molar-refractivity contribution in [2.24, 2.45) is 0 Å². The van der Waals surface area contributed by atoms with Crippen LogP contribution in [-0.2, 0) is 16.6 Å². The molecule has 0 spiro atoms. The quantitative estimate of drug-likeness (QED) is 0.681. The topological polar surface area (TPSA) is 62.3 Å². The van der Waals surface area contributed by atoms with Gasteiger partial charge in [-0.1, -0.05) is 40.2 Å². The van der Waals surface area contributed by atoms with Crippen molar-refractivity contribution in [3.63, 3.8) is 0 Å². The van der Waals surface area contributed by atoms with Crippen LogP contribution in [0.15, 0.2) is 64.0 Å². The lowest BCUT2D eigenvalue weighted by atomic mass is 10.2. The van der Waals surface area contributed by atoms with Crippen molar-refractivity contribution in [1.29, 1.82) is 0 Å². The maximum absolute atomic E-state index is 12.7. The number of hydrogen-bond acceptors (Lipinski definition) is 4. The fourth-order valence-electron chi connectivity index (χ4n) is 2.52. The number of halogens is 1. The summed E-state index contributed by atoms with van der Waals surface area (Å²) in [6.07, 6.45) is 0. The zero-order valence-corrected chi connectivity index (χ0v) is 16.3. The molecule has 0 bridgehead atoms. The predicted molar refractivity (Wildman–Crippen MR) is 104 cm³/mol. The Hall–Kier alpha value is -1.96. The van der Waals surface area contributed by atoms with E-state index < -0.39 is 10.0 Å². The van der Waals surface area contributed by atoms with Gasteiger partial charge in [-0.2, -0.15) is 0 Å². The highest BCUT2D eigenvalue weighted by atomic mass is 79.9. The molecule has 3 aromatic rings. The van der Waals surface area contributed by atoms with Gasteiger partial charge in [-0.25, -0.2) is 13.4 Å². The fourth-order valence-corrected chi connectivity index (χ4v) is 4.18. The molecule has 0 radical (unpaired) electrons. The van der Waals surface area contributed by atoms with Crippen LogP contribution in [0.5, 0.6) is 0 Å². The number of fused-ring (bicyclic) bond motifs is 1. The van der Waals surface area contributed by atoms with E-state index in [0.717, 1.165) is 11.1 Å². The van der Waals surface area contributed by atoms with Crippen molar-refractivity contribution in [2.75, 3.05) is 18.8 Å². The normalized spacial score (nSPS) is 11.8. The average Bonchev–Trinajstić information content (AvgIpc) is 2.54. The van der Waals surface area contributed by atoms with Gasteiger partial charge in [0.05, 0.1) is 21.8 Å². The first-order chi connectivity index (χ1) is 11.8. The van der Waals surface area contributed by atoms with Crippen LogP contribution in [0.3, 0.4) is 0 Å². The van der Waals surface area contributed by atoms with Crippen LogP contribution < -0.4 is 4.72 Å². The van der Waals surface area contributed by atoms with Gasteiger partial charge in [0.2, 0.25) is 0 Å². The Labute approximate surface area is 155 Å². The Morgan fingerprint density at radius 2 is 1.84 bits per heavy atom. The SMILES string of the molecule is CN(C)Cc1ccc2cccc(NS(=O)(=O)c3cccc(Br)c3)c2n1. The molecular formula is C18H18BrN3O2S. The Balaban J connectivity index is 2.03. The van der Waals surface area contributed by atoms with E-state index in [-0.39, 0.29) is 4.90 Å². The molecular weight excluding hydrogens is 402 g/mol. The van der Waals surface area contributed by atoms with E-state index in [1.54, 1.807) is 30.3 Å². The van der Waals surface area contributed by atoms with Gasteiger partial charge in [0, 0.05) is 16.4 Å². The molecule has 0 unspecified atom stereocenters. The smallest absolute Gasteiger partial charge is 0.262 e. The van der Waals surface area contributed by atoms with Gasteiger partial charge < -0.3 is 4.90 Å². The van der Waals surface area contributed by atoms with Crippen LogP contribution in [0.25, 0.3) is 10.9 Å². The monoisotopic (exact) mass is 419 g/mol. The highest BCUT2D eigenvalue weighted by Gasteiger charge is 2.16. The minimum atomic E-state index is -3.69. The molecule has 0 aliphatic heterocycles. The summed E-state index contributed by atoms with van der Waals surface area (Å²) in [6, 6.07) is 16.0. The second kappa shape index (κ2) is 7.11. The standard InChI is InChI=1S/C18H18BrN3O2S/c1-22(2)12-15-10-9-13-5-3-8-17(18(13)20-15)21-25(23,24)16-7-4-6-14(19)11-16/h3-11,21H,12H2,1-2H3. The average molecular weight is 420 g/mol. The van der Waals surface area contributed by atoms with Gasteiger partial charge in [-0.05, 0) is 44.4 Å². The van der Waals surface area contributed by atoms with Crippen LogP contribution in [-0.4, -0.2) is 32.4 Å². The summed E-state index contributed by atoms with van der Waals surface area (Å²) in [5.74, 6) is 0. The zero-order valence-electron chi connectivity index (χ0n) is 13.9. The highest BCUT2D eigenvalue weighted by molar-refractivity contribution is 9.10. The summed E-state index contributed by atoms with van der Waals surface area (Å²) in [5, 5.41) is 0.886. The molecule has 130 valence electrons. The predicted octanol–water partition coefficient (Wildman–Crippen LogP) is 3.86. The summed E-state index contributed by atoms with van der Waals surface area (Å²) in [4.78, 5) is 6.85. The molecule has 0 saturated heterocycles. The largest absolute Gasteiger partial charge is 0.304 e. The Morgan fingerprint density at radius 3 is 2.56 bits per heavy atom. The second-order valence-electron chi connectivity index (χ2n) is 5.98. The number of hydrogen-bond donors (Lipinski definition) is 1. The first-order valence-corrected chi connectivity index (χ1v) is 9.94. The molecule has 1 N–H and O–H groups in total. The van der Waals surface area contributed by atoms with E-state index in [2.05, 4.69) is 25.6 Å². The summed E-state index contributed by atoms with van der Waals surface area (Å²) < 4.78 is 28.8. The van der Waals surface area contributed by atoms with Gasteiger partial charge in [0.1, 0.15) is 0 Å². The molecule has 0 fully saturated rings. The van der Waals surface area contributed by atoms with Crippen molar-refractivity contribution in [3.05, 3.63) is 64.8 Å². The number of pyridine rings is 1. The number of nitrogens with one attached hydrogen (secondary N) is 1. The summed E-state index contributed by atoms with van der Waals surface area (Å²) in [5.41, 5.74) is 1.99. The van der Waals surface area contributed by atoms with Crippen molar-refractivity contribution < 1.29 is 8.42 Å². The Morgan fingerprint density at radius 1 is 1.08 bits per heavy atom. The van der Waals surface area contributed by atoms with Gasteiger partial charge in [0.15, 0.2) is 0 Å². The summed E-state index contributed by atoms with van der Waals surface area (Å²) in [7, 11) is 0.238. The van der Waals surface area contributed by atoms with Crippen molar-refractivity contribution in [3.8, 4) is 0 Å². The minimum Gasteiger partial charge on any atom is -0.304 e. The molecule has 1 heterocycles. The fraction of sp³-hybridized carbons (Fsp3) is 0.167. The molecule has 0 atom stereocenters. The summed E-state index contributed by atoms with van der Waals surface area (Å²) in [6.45, 7) is 0.683. The maximum atomic E-state index is 12.7. The molecule has 5 nitrogen and oxygen atoms in total. The number of sulfonamides is 1. The third-order valence-electron chi connectivity index (χ3n) is 3.61. The van der Waals surface area contributed by atoms with Crippen LogP contribution >= 0.6 is 15.9 Å². The lowest BCUT2D eigenvalue weighted by Crippen LogP contribution is -2.14.